The molecule has 1 aliphatic rings. The number of aromatic nitrogens is 4. The van der Waals surface area contributed by atoms with Gasteiger partial charge in [-0.3, -0.25) is 9.11 Å². The van der Waals surface area contributed by atoms with E-state index in [0.29, 0.717) is 53.6 Å². The van der Waals surface area contributed by atoms with Gasteiger partial charge in [0.25, 0.3) is 0 Å². The second kappa shape index (κ2) is 11.7. The summed E-state index contributed by atoms with van der Waals surface area (Å²) in [5, 5.41) is 1.55. The summed E-state index contributed by atoms with van der Waals surface area (Å²) in [4.78, 5) is 19.6. The number of methoxy groups -OCH3 is 1. The van der Waals surface area contributed by atoms with Crippen LogP contribution in [0.4, 0.5) is 20.3 Å². The summed E-state index contributed by atoms with van der Waals surface area (Å²) in [5.74, 6) is 0.261. The highest BCUT2D eigenvalue weighted by Gasteiger charge is 2.26. The van der Waals surface area contributed by atoms with Crippen molar-refractivity contribution >= 4 is 43.5 Å². The molecule has 0 bridgehead atoms. The molecule has 10 nitrogen and oxygen atoms in total. The summed E-state index contributed by atoms with van der Waals surface area (Å²) in [5.41, 5.74) is 2.38. The molecule has 0 saturated carbocycles. The van der Waals surface area contributed by atoms with E-state index in [2.05, 4.69) is 19.6 Å². The summed E-state index contributed by atoms with van der Waals surface area (Å²) in [6.07, 6.45) is 3.35. The van der Waals surface area contributed by atoms with Crippen molar-refractivity contribution in [1.29, 1.82) is 0 Å². The zero-order valence-electron chi connectivity index (χ0n) is 23.6. The lowest BCUT2D eigenvalue weighted by atomic mass is 10.0. The molecule has 0 aliphatic carbocycles. The van der Waals surface area contributed by atoms with Crippen molar-refractivity contribution < 1.29 is 26.7 Å². The van der Waals surface area contributed by atoms with E-state index in [1.807, 2.05) is 25.3 Å². The van der Waals surface area contributed by atoms with Gasteiger partial charge in [-0.05, 0) is 49.2 Å². The van der Waals surface area contributed by atoms with Crippen LogP contribution in [0, 0.1) is 5.82 Å². The zero-order chi connectivity index (χ0) is 30.1. The molecule has 1 saturated heterocycles. The van der Waals surface area contributed by atoms with Gasteiger partial charge in [0, 0.05) is 40.8 Å². The molecule has 6 rings (SSSR count). The second-order valence-corrected chi connectivity index (χ2v) is 12.2. The lowest BCUT2D eigenvalue weighted by Crippen LogP contribution is -2.44. The van der Waals surface area contributed by atoms with Crippen LogP contribution in [0.1, 0.15) is 13.3 Å². The largest absolute Gasteiger partial charge is 0.494 e. The molecular formula is C30H30F2N6O4S. The van der Waals surface area contributed by atoms with Gasteiger partial charge in [-0.1, -0.05) is 12.1 Å². The highest BCUT2D eigenvalue weighted by atomic mass is 32.2. The Bertz CT molecular complexity index is 1920. The van der Waals surface area contributed by atoms with Gasteiger partial charge in [-0.25, -0.2) is 27.8 Å². The van der Waals surface area contributed by atoms with Crippen molar-refractivity contribution in [2.24, 2.45) is 0 Å². The van der Waals surface area contributed by atoms with E-state index in [1.54, 1.807) is 30.5 Å². The fourth-order valence-electron chi connectivity index (χ4n) is 5.24. The first-order valence-electron chi connectivity index (χ1n) is 13.8. The number of pyridine rings is 1. The first kappa shape index (κ1) is 28.7. The monoisotopic (exact) mass is 608 g/mol. The van der Waals surface area contributed by atoms with E-state index in [4.69, 9.17) is 19.4 Å². The third-order valence-electron chi connectivity index (χ3n) is 7.39. The van der Waals surface area contributed by atoms with Crippen LogP contribution in [-0.2, 0) is 14.8 Å². The number of nitrogens with one attached hydrogen (secondary N) is 2. The lowest BCUT2D eigenvalue weighted by molar-refractivity contribution is 0.0987. The molecule has 0 spiro atoms. The van der Waals surface area contributed by atoms with Crippen LogP contribution in [0.5, 0.6) is 5.75 Å². The molecule has 13 heteroatoms. The minimum Gasteiger partial charge on any atom is -0.494 e. The van der Waals surface area contributed by atoms with Crippen molar-refractivity contribution in [3.63, 3.8) is 0 Å². The third-order valence-corrected chi connectivity index (χ3v) is 8.74. The van der Waals surface area contributed by atoms with Gasteiger partial charge in [0.15, 0.2) is 11.6 Å². The second-order valence-electron chi connectivity index (χ2n) is 10.3. The van der Waals surface area contributed by atoms with Gasteiger partial charge >= 0.3 is 0 Å². The summed E-state index contributed by atoms with van der Waals surface area (Å²) < 4.78 is 66.9. The van der Waals surface area contributed by atoms with Crippen LogP contribution in [0.3, 0.4) is 0 Å². The van der Waals surface area contributed by atoms with Crippen molar-refractivity contribution in [1.82, 2.24) is 19.9 Å². The van der Waals surface area contributed by atoms with Crippen LogP contribution in [-0.4, -0.2) is 73.7 Å². The Morgan fingerprint density at radius 3 is 2.84 bits per heavy atom. The maximum Gasteiger partial charge on any atom is 0.232 e. The Morgan fingerprint density at radius 2 is 2.05 bits per heavy atom. The number of rotatable bonds is 9. The Labute approximate surface area is 247 Å². The highest BCUT2D eigenvalue weighted by molar-refractivity contribution is 7.92. The summed E-state index contributed by atoms with van der Waals surface area (Å²) in [6.45, 7) is 2.86. The van der Waals surface area contributed by atoms with Gasteiger partial charge in [0.05, 0.1) is 44.5 Å². The Kier molecular flexibility index (Phi) is 7.84. The third kappa shape index (κ3) is 5.69. The molecule has 3 aromatic heterocycles. The number of ether oxygens (including phenoxy) is 2. The van der Waals surface area contributed by atoms with Crippen molar-refractivity contribution in [3.05, 3.63) is 60.7 Å². The SMILES string of the molecule is COc1cc(-c2cccc(NS(=O)(=O)CCCF)c2F)cc2c(N3CCOC[C@H]3C)nc(-c3cnc4[nH]ccc4c3)nc12. The zero-order valence-corrected chi connectivity index (χ0v) is 24.4. The number of hydrogen-bond donors (Lipinski definition) is 2. The van der Waals surface area contributed by atoms with Crippen LogP contribution in [0.25, 0.3) is 44.5 Å². The first-order valence-corrected chi connectivity index (χ1v) is 15.5. The van der Waals surface area contributed by atoms with Crippen LogP contribution < -0.4 is 14.4 Å². The average molecular weight is 609 g/mol. The number of sulfonamides is 1. The topological polar surface area (TPSA) is 122 Å². The van der Waals surface area contributed by atoms with Gasteiger partial charge in [0.1, 0.15) is 22.7 Å². The van der Waals surface area contributed by atoms with Crippen LogP contribution >= 0.6 is 0 Å². The van der Waals surface area contributed by atoms with Gasteiger partial charge in [-0.2, -0.15) is 0 Å². The molecule has 1 fully saturated rings. The Balaban J connectivity index is 1.52. The quantitative estimate of drug-likeness (QED) is 0.231. The highest BCUT2D eigenvalue weighted by Crippen LogP contribution is 2.39. The van der Waals surface area contributed by atoms with E-state index in [1.165, 1.54) is 13.2 Å². The van der Waals surface area contributed by atoms with E-state index in [-0.39, 0.29) is 23.7 Å². The maximum atomic E-state index is 15.8. The molecule has 1 atom stereocenters. The summed E-state index contributed by atoms with van der Waals surface area (Å²) in [6, 6.07) is 11.8. The number of anilines is 2. The summed E-state index contributed by atoms with van der Waals surface area (Å²) in [7, 11) is -2.42. The number of fused-ring (bicyclic) bond motifs is 2. The predicted octanol–water partition coefficient (Wildman–Crippen LogP) is 5.31. The van der Waals surface area contributed by atoms with E-state index < -0.39 is 28.3 Å². The minimum atomic E-state index is -3.93. The molecule has 4 heterocycles. The Morgan fingerprint density at radius 1 is 1.19 bits per heavy atom. The molecule has 5 aromatic rings. The summed E-state index contributed by atoms with van der Waals surface area (Å²) >= 11 is 0. The minimum absolute atomic E-state index is 0.00146. The Hall–Kier alpha value is -4.36. The van der Waals surface area contributed by atoms with Gasteiger partial charge in [0.2, 0.25) is 10.0 Å². The number of H-pyrrole nitrogens is 1. The molecule has 2 aromatic carbocycles. The van der Waals surface area contributed by atoms with Crippen molar-refractivity contribution in [2.75, 3.05) is 48.9 Å². The molecule has 43 heavy (non-hydrogen) atoms. The smallest absolute Gasteiger partial charge is 0.232 e. The molecule has 0 radical (unpaired) electrons. The number of hydrogen-bond acceptors (Lipinski definition) is 8. The number of nitrogens with zero attached hydrogens (tertiary/aromatic N) is 4. The van der Waals surface area contributed by atoms with Crippen molar-refractivity contribution in [2.45, 2.75) is 19.4 Å². The van der Waals surface area contributed by atoms with E-state index in [9.17, 15) is 12.8 Å². The fourth-order valence-corrected chi connectivity index (χ4v) is 6.33. The lowest BCUT2D eigenvalue weighted by Gasteiger charge is -2.35. The standard InChI is InChI=1S/C30H30F2N6O4S/c1-18-17-42-11-10-38(18)30-23-14-20(22-5-3-6-24(26(22)32)37-43(39,40)12-4-8-31)15-25(41-2)27(23)35-29(36-30)21-13-19-7-9-33-28(19)34-16-21/h3,5-7,9,13-16,18,37H,4,8,10-12,17H2,1-2H3,(H,33,34)/t18-/m1/s1. The van der Waals surface area contributed by atoms with Crippen LogP contribution in [0.15, 0.2) is 54.9 Å². The van der Waals surface area contributed by atoms with E-state index >= 15 is 4.39 Å². The number of benzene rings is 2. The first-order chi connectivity index (χ1) is 20.8. The molecule has 0 amide bonds. The van der Waals surface area contributed by atoms with E-state index in [0.717, 1.165) is 16.6 Å². The normalized spacial score (nSPS) is 15.7. The van der Waals surface area contributed by atoms with Gasteiger partial charge < -0.3 is 19.4 Å². The number of alkyl halides is 1. The van der Waals surface area contributed by atoms with Crippen molar-refractivity contribution in [3.8, 4) is 28.3 Å². The van der Waals surface area contributed by atoms with Gasteiger partial charge in [-0.15, -0.1) is 0 Å². The average Bonchev–Trinajstić information content (AvgIpc) is 3.48. The van der Waals surface area contributed by atoms with Crippen LogP contribution in [0.2, 0.25) is 0 Å². The maximum absolute atomic E-state index is 15.8. The fraction of sp³-hybridized carbons (Fsp3) is 0.300. The molecular weight excluding hydrogens is 578 g/mol. The number of morpholine rings is 1. The molecule has 0 unspecified atom stereocenters. The molecule has 224 valence electrons. The number of aromatic amines is 1. The molecule has 2 N–H and O–H groups in total. The molecule has 1 aliphatic heterocycles. The number of halogens is 2. The predicted molar refractivity (Wildman–Crippen MR) is 162 cm³/mol.